The van der Waals surface area contributed by atoms with E-state index in [4.69, 9.17) is 0 Å². The minimum atomic E-state index is -0.469. The molecule has 0 radical (unpaired) electrons. The van der Waals surface area contributed by atoms with E-state index in [1.54, 1.807) is 4.57 Å². The van der Waals surface area contributed by atoms with Crippen LogP contribution in [-0.2, 0) is 4.79 Å². The molecule has 3 aromatic rings. The second-order valence-corrected chi connectivity index (χ2v) is 6.95. The molecule has 0 bridgehead atoms. The Kier molecular flexibility index (Phi) is 3.61. The van der Waals surface area contributed by atoms with Crippen molar-refractivity contribution in [1.82, 2.24) is 9.55 Å². The molecular formula is C18H15N3O2S. The first-order valence-corrected chi connectivity index (χ1v) is 8.54. The van der Waals surface area contributed by atoms with Crippen LogP contribution in [-0.4, -0.2) is 26.6 Å². The number of fused-ring (bicyclic) bond motifs is 3. The van der Waals surface area contributed by atoms with Crippen molar-refractivity contribution in [3.63, 3.8) is 0 Å². The highest BCUT2D eigenvalue weighted by Crippen LogP contribution is 2.34. The average molecular weight is 337 g/mol. The second-order valence-electron chi connectivity index (χ2n) is 5.78. The molecular weight excluding hydrogens is 322 g/mol. The predicted octanol–water partition coefficient (Wildman–Crippen LogP) is 3.49. The lowest BCUT2D eigenvalue weighted by atomic mass is 10.2. The van der Waals surface area contributed by atoms with Crippen LogP contribution in [0, 0.1) is 6.92 Å². The highest BCUT2D eigenvalue weighted by atomic mass is 32.2. The number of aromatic nitrogens is 2. The minimum absolute atomic E-state index is 0.0958. The molecule has 0 fully saturated rings. The molecule has 4 rings (SSSR count). The standard InChI is InChI=1S/C18H15N3O2S/c1-11-6-8-12(9-7-11)19-17(23)15-10-16(22)21-14-5-3-2-4-13(14)20-18(21)24-15/h2-9,15H,10H2,1H3,(H,19,23). The third kappa shape index (κ3) is 2.59. The van der Waals surface area contributed by atoms with Crippen LogP contribution < -0.4 is 5.32 Å². The van der Waals surface area contributed by atoms with Crippen LogP contribution in [0.15, 0.2) is 53.7 Å². The van der Waals surface area contributed by atoms with E-state index < -0.39 is 5.25 Å². The summed E-state index contributed by atoms with van der Waals surface area (Å²) in [5.41, 5.74) is 3.43. The summed E-state index contributed by atoms with van der Waals surface area (Å²) in [5.74, 6) is -0.267. The summed E-state index contributed by atoms with van der Waals surface area (Å²) in [7, 11) is 0. The van der Waals surface area contributed by atoms with Gasteiger partial charge in [0, 0.05) is 12.1 Å². The number of nitrogens with zero attached hydrogens (tertiary/aromatic N) is 2. The Bertz CT molecular complexity index is 947. The number of imidazole rings is 1. The first-order valence-electron chi connectivity index (χ1n) is 7.67. The summed E-state index contributed by atoms with van der Waals surface area (Å²) in [5, 5.41) is 2.99. The molecule has 2 aromatic carbocycles. The Morgan fingerprint density at radius 1 is 1.21 bits per heavy atom. The van der Waals surface area contributed by atoms with E-state index in [1.165, 1.54) is 11.8 Å². The number of hydrogen-bond acceptors (Lipinski definition) is 4. The summed E-state index contributed by atoms with van der Waals surface area (Å²) in [6, 6.07) is 15.1. The lowest BCUT2D eigenvalue weighted by molar-refractivity contribution is -0.115. The van der Waals surface area contributed by atoms with E-state index in [1.807, 2.05) is 55.5 Å². The summed E-state index contributed by atoms with van der Waals surface area (Å²) in [6.07, 6.45) is 0.162. The summed E-state index contributed by atoms with van der Waals surface area (Å²) >= 11 is 1.34. The van der Waals surface area contributed by atoms with Crippen molar-refractivity contribution in [2.75, 3.05) is 5.32 Å². The van der Waals surface area contributed by atoms with Gasteiger partial charge in [0.15, 0.2) is 5.16 Å². The molecule has 1 unspecified atom stereocenters. The molecule has 1 aromatic heterocycles. The van der Waals surface area contributed by atoms with Gasteiger partial charge in [-0.15, -0.1) is 0 Å². The molecule has 1 amide bonds. The van der Waals surface area contributed by atoms with E-state index in [9.17, 15) is 9.59 Å². The van der Waals surface area contributed by atoms with Gasteiger partial charge in [0.1, 0.15) is 5.25 Å². The molecule has 0 saturated heterocycles. The van der Waals surface area contributed by atoms with Gasteiger partial charge in [-0.3, -0.25) is 14.2 Å². The molecule has 6 heteroatoms. The fourth-order valence-corrected chi connectivity index (χ4v) is 3.85. The van der Waals surface area contributed by atoms with Gasteiger partial charge in [0.05, 0.1) is 11.0 Å². The van der Waals surface area contributed by atoms with Gasteiger partial charge in [-0.2, -0.15) is 0 Å². The van der Waals surface area contributed by atoms with Crippen molar-refractivity contribution in [1.29, 1.82) is 0 Å². The van der Waals surface area contributed by atoms with Crippen molar-refractivity contribution < 1.29 is 9.59 Å². The molecule has 1 aliphatic heterocycles. The third-order valence-electron chi connectivity index (χ3n) is 4.00. The van der Waals surface area contributed by atoms with Crippen molar-refractivity contribution in [3.05, 3.63) is 54.1 Å². The minimum Gasteiger partial charge on any atom is -0.325 e. The lowest BCUT2D eigenvalue weighted by Crippen LogP contribution is -2.33. The lowest BCUT2D eigenvalue weighted by Gasteiger charge is -2.21. The molecule has 1 aliphatic rings. The average Bonchev–Trinajstić information content (AvgIpc) is 2.95. The zero-order valence-corrected chi connectivity index (χ0v) is 13.8. The van der Waals surface area contributed by atoms with Crippen LogP contribution >= 0.6 is 11.8 Å². The Labute approximate surface area is 143 Å². The van der Waals surface area contributed by atoms with Crippen molar-refractivity contribution in [3.8, 4) is 0 Å². The van der Waals surface area contributed by atoms with Crippen LogP contribution in [0.2, 0.25) is 0 Å². The zero-order valence-electron chi connectivity index (χ0n) is 13.0. The third-order valence-corrected chi connectivity index (χ3v) is 5.15. The van der Waals surface area contributed by atoms with E-state index >= 15 is 0 Å². The Balaban J connectivity index is 1.59. The maximum Gasteiger partial charge on any atom is 0.238 e. The quantitative estimate of drug-likeness (QED) is 0.777. The van der Waals surface area contributed by atoms with Gasteiger partial charge in [-0.05, 0) is 31.2 Å². The van der Waals surface area contributed by atoms with Crippen LogP contribution in [0.5, 0.6) is 0 Å². The SMILES string of the molecule is Cc1ccc(NC(=O)C2CC(=O)n3c(nc4ccccc43)S2)cc1. The number of amides is 1. The highest BCUT2D eigenvalue weighted by molar-refractivity contribution is 8.00. The second kappa shape index (κ2) is 5.79. The number of nitrogens with one attached hydrogen (secondary N) is 1. The first-order chi connectivity index (χ1) is 11.6. The number of carbonyl (C=O) groups is 2. The molecule has 120 valence electrons. The molecule has 0 aliphatic carbocycles. The first kappa shape index (κ1) is 15.0. The number of benzene rings is 2. The van der Waals surface area contributed by atoms with Gasteiger partial charge in [-0.1, -0.05) is 41.6 Å². The fraction of sp³-hybridized carbons (Fsp3) is 0.167. The summed E-state index contributed by atoms with van der Waals surface area (Å²) < 4.78 is 1.61. The number of para-hydroxylation sites is 2. The van der Waals surface area contributed by atoms with Gasteiger partial charge < -0.3 is 5.32 Å². The normalized spacial score (nSPS) is 16.9. The molecule has 1 N–H and O–H groups in total. The number of anilines is 1. The Hall–Kier alpha value is -2.60. The number of thioether (sulfide) groups is 1. The highest BCUT2D eigenvalue weighted by Gasteiger charge is 2.33. The Morgan fingerprint density at radius 2 is 1.96 bits per heavy atom. The largest absolute Gasteiger partial charge is 0.325 e. The van der Waals surface area contributed by atoms with Gasteiger partial charge in [-0.25, -0.2) is 4.98 Å². The fourth-order valence-electron chi connectivity index (χ4n) is 2.75. The van der Waals surface area contributed by atoms with E-state index in [0.717, 1.165) is 22.3 Å². The van der Waals surface area contributed by atoms with Crippen LogP contribution in [0.25, 0.3) is 11.0 Å². The maximum absolute atomic E-state index is 12.5. The molecule has 0 spiro atoms. The Morgan fingerprint density at radius 3 is 2.75 bits per heavy atom. The molecule has 24 heavy (non-hydrogen) atoms. The number of rotatable bonds is 2. The molecule has 2 heterocycles. The molecule has 1 atom stereocenters. The van der Waals surface area contributed by atoms with Gasteiger partial charge in [0.25, 0.3) is 0 Å². The van der Waals surface area contributed by atoms with Crippen molar-refractivity contribution >= 4 is 40.3 Å². The van der Waals surface area contributed by atoms with Crippen LogP contribution in [0.4, 0.5) is 5.69 Å². The summed E-state index contributed by atoms with van der Waals surface area (Å²) in [6.45, 7) is 1.99. The smallest absolute Gasteiger partial charge is 0.238 e. The predicted molar refractivity (Wildman–Crippen MR) is 94.4 cm³/mol. The summed E-state index contributed by atoms with van der Waals surface area (Å²) in [4.78, 5) is 29.5. The number of aryl methyl sites for hydroxylation is 1. The van der Waals surface area contributed by atoms with Crippen LogP contribution in [0.3, 0.4) is 0 Å². The zero-order chi connectivity index (χ0) is 16.7. The van der Waals surface area contributed by atoms with Crippen molar-refractivity contribution in [2.45, 2.75) is 23.8 Å². The van der Waals surface area contributed by atoms with Crippen molar-refractivity contribution in [2.24, 2.45) is 0 Å². The number of hydrogen-bond donors (Lipinski definition) is 1. The molecule has 0 saturated carbocycles. The monoisotopic (exact) mass is 337 g/mol. The van der Waals surface area contributed by atoms with Crippen LogP contribution in [0.1, 0.15) is 16.8 Å². The van der Waals surface area contributed by atoms with Gasteiger partial charge >= 0.3 is 0 Å². The van der Waals surface area contributed by atoms with E-state index in [0.29, 0.717) is 5.16 Å². The maximum atomic E-state index is 12.5. The van der Waals surface area contributed by atoms with Gasteiger partial charge in [0.2, 0.25) is 11.8 Å². The van der Waals surface area contributed by atoms with E-state index in [2.05, 4.69) is 10.3 Å². The molecule has 5 nitrogen and oxygen atoms in total. The van der Waals surface area contributed by atoms with E-state index in [-0.39, 0.29) is 18.2 Å². The topological polar surface area (TPSA) is 64.0 Å². The number of carbonyl (C=O) groups excluding carboxylic acids is 2.